The largest absolute Gasteiger partial charge is 0.390 e. The lowest BCUT2D eigenvalue weighted by Crippen LogP contribution is -2.42. The van der Waals surface area contributed by atoms with Crippen LogP contribution in [0.15, 0.2) is 60.7 Å². The van der Waals surface area contributed by atoms with E-state index >= 15 is 0 Å². The Labute approximate surface area is 174 Å². The van der Waals surface area contributed by atoms with Crippen LogP contribution in [0.3, 0.4) is 0 Å². The van der Waals surface area contributed by atoms with Crippen molar-refractivity contribution in [2.24, 2.45) is 0 Å². The predicted octanol–water partition coefficient (Wildman–Crippen LogP) is 4.31. The summed E-state index contributed by atoms with van der Waals surface area (Å²) in [7, 11) is 0. The number of aromatic nitrogens is 3. The molecule has 2 aromatic heterocycles. The molecule has 3 N–H and O–H groups in total. The lowest BCUT2D eigenvalue weighted by Gasteiger charge is -2.41. The number of anilines is 1. The molecule has 0 radical (unpaired) electrons. The van der Waals surface area contributed by atoms with Crippen LogP contribution in [0, 0.1) is 11.3 Å². The first-order chi connectivity index (χ1) is 14.4. The summed E-state index contributed by atoms with van der Waals surface area (Å²) in [4.78, 5) is 4.82. The van der Waals surface area contributed by atoms with E-state index in [1.54, 1.807) is 11.6 Å². The van der Waals surface area contributed by atoms with Crippen LogP contribution in [0.25, 0.3) is 33.4 Å². The van der Waals surface area contributed by atoms with Gasteiger partial charge in [-0.1, -0.05) is 48.5 Å². The molecule has 30 heavy (non-hydrogen) atoms. The first-order valence-electron chi connectivity index (χ1n) is 9.92. The van der Waals surface area contributed by atoms with Gasteiger partial charge in [-0.15, -0.1) is 0 Å². The average Bonchev–Trinajstić information content (AvgIpc) is 3.07. The van der Waals surface area contributed by atoms with Gasteiger partial charge in [0.05, 0.1) is 22.9 Å². The fourth-order valence-electron chi connectivity index (χ4n) is 4.20. The number of pyridine rings is 1. The molecule has 1 aliphatic rings. The summed E-state index contributed by atoms with van der Waals surface area (Å²) in [5.74, 6) is 0.346. The molecule has 6 nitrogen and oxygen atoms in total. The molecular formula is C24H21N5O. The average molecular weight is 395 g/mol. The van der Waals surface area contributed by atoms with E-state index in [0.29, 0.717) is 29.9 Å². The van der Waals surface area contributed by atoms with E-state index in [1.807, 2.05) is 60.7 Å². The molecule has 2 heterocycles. The number of hydrogen-bond acceptors (Lipinski definition) is 5. The van der Waals surface area contributed by atoms with Crippen molar-refractivity contribution >= 4 is 16.7 Å². The van der Waals surface area contributed by atoms with Crippen molar-refractivity contribution in [2.45, 2.75) is 31.4 Å². The highest BCUT2D eigenvalue weighted by molar-refractivity contribution is 5.87. The van der Waals surface area contributed by atoms with Gasteiger partial charge in [-0.3, -0.25) is 0 Å². The molecule has 6 heteroatoms. The summed E-state index contributed by atoms with van der Waals surface area (Å²) in [5, 5.41) is 25.4. The van der Waals surface area contributed by atoms with Gasteiger partial charge in [-0.25, -0.2) is 9.67 Å². The van der Waals surface area contributed by atoms with Crippen molar-refractivity contribution in [1.82, 2.24) is 14.8 Å². The maximum Gasteiger partial charge on any atom is 0.140 e. The van der Waals surface area contributed by atoms with Crippen molar-refractivity contribution in [2.75, 3.05) is 5.73 Å². The third kappa shape index (κ3) is 3.00. The molecule has 0 bridgehead atoms. The summed E-state index contributed by atoms with van der Waals surface area (Å²) in [5.41, 5.74) is 10.0. The van der Waals surface area contributed by atoms with Crippen molar-refractivity contribution < 1.29 is 5.11 Å². The molecule has 2 aromatic carbocycles. The number of aliphatic hydroxyl groups is 1. The van der Waals surface area contributed by atoms with Crippen LogP contribution in [0.2, 0.25) is 0 Å². The zero-order valence-corrected chi connectivity index (χ0v) is 16.6. The molecule has 0 spiro atoms. The minimum Gasteiger partial charge on any atom is -0.390 e. The Hall–Kier alpha value is -3.69. The van der Waals surface area contributed by atoms with Crippen molar-refractivity contribution in [1.29, 1.82) is 5.26 Å². The van der Waals surface area contributed by atoms with Gasteiger partial charge in [-0.05, 0) is 31.9 Å². The molecule has 1 aliphatic carbocycles. The van der Waals surface area contributed by atoms with Crippen LogP contribution in [0.5, 0.6) is 0 Å². The zero-order chi connectivity index (χ0) is 20.9. The summed E-state index contributed by atoms with van der Waals surface area (Å²) in [6, 6.07) is 22.1. The zero-order valence-electron chi connectivity index (χ0n) is 16.6. The Morgan fingerprint density at radius 3 is 2.53 bits per heavy atom. The molecule has 148 valence electrons. The van der Waals surface area contributed by atoms with Gasteiger partial charge in [0.2, 0.25) is 0 Å². The van der Waals surface area contributed by atoms with E-state index in [4.69, 9.17) is 10.7 Å². The molecule has 0 atom stereocenters. The Bertz CT molecular complexity index is 1290. The third-order valence-electron chi connectivity index (χ3n) is 5.79. The lowest BCUT2D eigenvalue weighted by atomic mass is 9.77. The number of hydrogen-bond donors (Lipinski definition) is 2. The fraction of sp³-hybridized carbons (Fsp3) is 0.208. The van der Waals surface area contributed by atoms with Crippen LogP contribution in [-0.4, -0.2) is 25.5 Å². The maximum absolute atomic E-state index is 10.1. The third-order valence-corrected chi connectivity index (χ3v) is 5.79. The smallest absolute Gasteiger partial charge is 0.140 e. The molecule has 0 aliphatic heterocycles. The number of benzene rings is 2. The van der Waals surface area contributed by atoms with Crippen LogP contribution >= 0.6 is 0 Å². The van der Waals surface area contributed by atoms with E-state index in [0.717, 1.165) is 27.7 Å². The second-order valence-electron chi connectivity index (χ2n) is 8.19. The molecule has 0 unspecified atom stereocenters. The van der Waals surface area contributed by atoms with Crippen LogP contribution in [0.4, 0.5) is 5.82 Å². The van der Waals surface area contributed by atoms with Crippen molar-refractivity contribution in [3.63, 3.8) is 0 Å². The molecule has 0 saturated heterocycles. The standard InChI is InChI=1S/C24H21N5O/c1-24(30)12-18(13-24)29-23(26)19(14-25)22(28-29)17-8-7-16-9-10-20(27-21(16)11-17)15-5-3-2-4-6-15/h2-11,18,30H,12-13,26H2,1H3/t18-,24+. The number of rotatable bonds is 3. The van der Waals surface area contributed by atoms with E-state index in [-0.39, 0.29) is 6.04 Å². The number of nitriles is 1. The van der Waals surface area contributed by atoms with Gasteiger partial charge in [-0.2, -0.15) is 10.4 Å². The number of nitrogens with zero attached hydrogens (tertiary/aromatic N) is 4. The summed E-state index contributed by atoms with van der Waals surface area (Å²) < 4.78 is 1.68. The normalized spacial score (nSPS) is 20.6. The van der Waals surface area contributed by atoms with Crippen LogP contribution < -0.4 is 5.73 Å². The van der Waals surface area contributed by atoms with E-state index in [2.05, 4.69) is 11.2 Å². The van der Waals surface area contributed by atoms with Crippen molar-refractivity contribution in [3.8, 4) is 28.6 Å². The molecule has 4 aromatic rings. The van der Waals surface area contributed by atoms with E-state index < -0.39 is 5.60 Å². The van der Waals surface area contributed by atoms with Gasteiger partial charge in [0.15, 0.2) is 0 Å². The summed E-state index contributed by atoms with van der Waals surface area (Å²) in [6.45, 7) is 1.80. The number of nitrogen functional groups attached to an aromatic ring is 1. The van der Waals surface area contributed by atoms with E-state index in [1.165, 1.54) is 0 Å². The van der Waals surface area contributed by atoms with Crippen LogP contribution in [-0.2, 0) is 0 Å². The lowest BCUT2D eigenvalue weighted by molar-refractivity contribution is -0.0535. The first-order valence-corrected chi connectivity index (χ1v) is 9.92. The van der Waals surface area contributed by atoms with Gasteiger partial charge >= 0.3 is 0 Å². The quantitative estimate of drug-likeness (QED) is 0.538. The number of fused-ring (bicyclic) bond motifs is 1. The van der Waals surface area contributed by atoms with Gasteiger partial charge < -0.3 is 10.8 Å². The highest BCUT2D eigenvalue weighted by Crippen LogP contribution is 2.43. The minimum absolute atomic E-state index is 0.00381. The fourth-order valence-corrected chi connectivity index (χ4v) is 4.20. The maximum atomic E-state index is 10.1. The summed E-state index contributed by atoms with van der Waals surface area (Å²) >= 11 is 0. The molecular weight excluding hydrogens is 374 g/mol. The highest BCUT2D eigenvalue weighted by atomic mass is 16.3. The van der Waals surface area contributed by atoms with Gasteiger partial charge in [0, 0.05) is 16.5 Å². The summed E-state index contributed by atoms with van der Waals surface area (Å²) in [6.07, 6.45) is 1.14. The van der Waals surface area contributed by atoms with Crippen LogP contribution in [0.1, 0.15) is 31.4 Å². The molecule has 5 rings (SSSR count). The molecule has 0 amide bonds. The van der Waals surface area contributed by atoms with Crippen molar-refractivity contribution in [3.05, 3.63) is 66.2 Å². The Morgan fingerprint density at radius 1 is 1.10 bits per heavy atom. The highest BCUT2D eigenvalue weighted by Gasteiger charge is 2.41. The monoisotopic (exact) mass is 395 g/mol. The Morgan fingerprint density at radius 2 is 1.83 bits per heavy atom. The molecule has 1 saturated carbocycles. The predicted molar refractivity (Wildman–Crippen MR) is 116 cm³/mol. The van der Waals surface area contributed by atoms with Gasteiger partial charge in [0.1, 0.15) is 23.1 Å². The number of nitrogens with two attached hydrogens (primary N) is 1. The minimum atomic E-state index is -0.698. The first kappa shape index (κ1) is 18.3. The second kappa shape index (κ2) is 6.68. The Balaban J connectivity index is 1.58. The SMILES string of the molecule is C[C@]1(O)C[C@@H](n2nc(-c3ccc4ccc(-c5ccccc5)nc4c3)c(C#N)c2N)C1. The van der Waals surface area contributed by atoms with E-state index in [9.17, 15) is 10.4 Å². The molecule has 1 fully saturated rings. The second-order valence-corrected chi connectivity index (χ2v) is 8.19. The van der Waals surface area contributed by atoms with Gasteiger partial charge in [0.25, 0.3) is 0 Å². The Kier molecular flexibility index (Phi) is 4.09. The topological polar surface area (TPSA) is 101 Å².